The number of sulfone groups is 1. The molecule has 1 saturated heterocycles. The predicted octanol–water partition coefficient (Wildman–Crippen LogP) is 1.92. The molecular weight excluding hydrogens is 311 g/mol. The van der Waals surface area contributed by atoms with Gasteiger partial charge in [0, 0.05) is 12.1 Å². The van der Waals surface area contributed by atoms with Crippen molar-refractivity contribution in [2.24, 2.45) is 0 Å². The minimum absolute atomic E-state index is 0.0691. The summed E-state index contributed by atoms with van der Waals surface area (Å²) < 4.78 is 41.6. The lowest BCUT2D eigenvalue weighted by atomic mass is 10.2. The average molecular weight is 330 g/mol. The lowest BCUT2D eigenvalue weighted by Gasteiger charge is -2.16. The van der Waals surface area contributed by atoms with Crippen LogP contribution in [-0.2, 0) is 9.84 Å². The summed E-state index contributed by atoms with van der Waals surface area (Å²) in [6, 6.07) is 2.83. The van der Waals surface area contributed by atoms with Gasteiger partial charge in [-0.3, -0.25) is 0 Å². The van der Waals surface area contributed by atoms with Crippen LogP contribution in [0.4, 0.5) is 14.9 Å². The number of hydrogen-bond donors (Lipinski definition) is 2. The molecule has 1 unspecified atom stereocenters. The second kappa shape index (κ2) is 6.51. The van der Waals surface area contributed by atoms with E-state index in [1.54, 1.807) is 0 Å². The maximum atomic E-state index is 13.3. The summed E-state index contributed by atoms with van der Waals surface area (Å²) in [5.74, 6) is -0.154. The smallest absolute Gasteiger partial charge is 0.319 e. The number of benzene rings is 1. The van der Waals surface area contributed by atoms with Gasteiger partial charge in [-0.25, -0.2) is 17.6 Å². The van der Waals surface area contributed by atoms with E-state index >= 15 is 0 Å². The average Bonchev–Trinajstić information content (AvgIpc) is 2.71. The van der Waals surface area contributed by atoms with Crippen molar-refractivity contribution in [1.82, 2.24) is 5.32 Å². The molecule has 1 fully saturated rings. The molecule has 122 valence electrons. The highest BCUT2D eigenvalue weighted by Crippen LogP contribution is 2.26. The second-order valence-electron chi connectivity index (χ2n) is 5.51. The third-order valence-corrected chi connectivity index (χ3v) is 4.89. The van der Waals surface area contributed by atoms with E-state index in [1.807, 2.05) is 13.8 Å². The van der Waals surface area contributed by atoms with E-state index in [9.17, 15) is 17.6 Å². The van der Waals surface area contributed by atoms with Gasteiger partial charge in [-0.05, 0) is 32.4 Å². The highest BCUT2D eigenvalue weighted by molar-refractivity contribution is 7.91. The Morgan fingerprint density at radius 2 is 2.14 bits per heavy atom. The Morgan fingerprint density at radius 1 is 1.41 bits per heavy atom. The van der Waals surface area contributed by atoms with Gasteiger partial charge >= 0.3 is 6.03 Å². The normalized spacial score (nSPS) is 19.9. The van der Waals surface area contributed by atoms with Crippen molar-refractivity contribution >= 4 is 21.6 Å². The molecule has 0 saturated carbocycles. The number of urea groups is 1. The van der Waals surface area contributed by atoms with Crippen LogP contribution >= 0.6 is 0 Å². The zero-order valence-corrected chi connectivity index (χ0v) is 13.2. The maximum absolute atomic E-state index is 13.3. The SMILES string of the molecule is CC(C)Oc1ccc(F)cc1NC(=O)NC1CCS(=O)(=O)C1. The van der Waals surface area contributed by atoms with Crippen LogP contribution in [0.25, 0.3) is 0 Å². The Bertz CT molecular complexity index is 661. The van der Waals surface area contributed by atoms with Crippen molar-refractivity contribution in [2.45, 2.75) is 32.4 Å². The Hall–Kier alpha value is -1.83. The number of halogens is 1. The first-order chi connectivity index (χ1) is 10.2. The van der Waals surface area contributed by atoms with Crippen LogP contribution in [0.3, 0.4) is 0 Å². The zero-order chi connectivity index (χ0) is 16.3. The Labute approximate surface area is 129 Å². The van der Waals surface area contributed by atoms with Gasteiger partial charge in [0.05, 0.1) is 23.3 Å². The van der Waals surface area contributed by atoms with Gasteiger partial charge in [-0.1, -0.05) is 0 Å². The minimum atomic E-state index is -3.07. The molecule has 8 heteroatoms. The number of anilines is 1. The molecule has 0 radical (unpaired) electrons. The zero-order valence-electron chi connectivity index (χ0n) is 12.4. The van der Waals surface area contributed by atoms with Crippen molar-refractivity contribution < 1.29 is 22.3 Å². The Morgan fingerprint density at radius 3 is 2.73 bits per heavy atom. The summed E-state index contributed by atoms with van der Waals surface area (Å²) >= 11 is 0. The van der Waals surface area contributed by atoms with Gasteiger partial charge in [-0.2, -0.15) is 0 Å². The van der Waals surface area contributed by atoms with E-state index in [-0.39, 0.29) is 23.3 Å². The lowest BCUT2D eigenvalue weighted by Crippen LogP contribution is -2.38. The largest absolute Gasteiger partial charge is 0.489 e. The first-order valence-corrected chi connectivity index (χ1v) is 8.81. The molecule has 2 N–H and O–H groups in total. The van der Waals surface area contributed by atoms with E-state index in [4.69, 9.17) is 4.74 Å². The highest BCUT2D eigenvalue weighted by Gasteiger charge is 2.29. The summed E-state index contributed by atoms with van der Waals surface area (Å²) in [7, 11) is -3.07. The molecule has 0 spiro atoms. The molecule has 1 aliphatic rings. The van der Waals surface area contributed by atoms with Crippen LogP contribution in [0, 0.1) is 5.82 Å². The van der Waals surface area contributed by atoms with E-state index in [2.05, 4.69) is 10.6 Å². The van der Waals surface area contributed by atoms with E-state index in [0.29, 0.717) is 12.2 Å². The Balaban J connectivity index is 2.03. The molecule has 2 amide bonds. The van der Waals surface area contributed by atoms with Crippen LogP contribution in [0.2, 0.25) is 0 Å². The van der Waals surface area contributed by atoms with E-state index in [1.165, 1.54) is 12.1 Å². The molecule has 22 heavy (non-hydrogen) atoms. The van der Waals surface area contributed by atoms with Crippen LogP contribution in [0.15, 0.2) is 18.2 Å². The molecule has 0 aliphatic carbocycles. The molecule has 0 aromatic heterocycles. The summed E-state index contributed by atoms with van der Waals surface area (Å²) in [6.07, 6.45) is 0.253. The molecular formula is C14H19FN2O4S. The summed E-state index contributed by atoms with van der Waals surface area (Å²) in [6.45, 7) is 3.63. The summed E-state index contributed by atoms with van der Waals surface area (Å²) in [5, 5.41) is 5.08. The molecule has 6 nitrogen and oxygen atoms in total. The first kappa shape index (κ1) is 16.5. The van der Waals surface area contributed by atoms with Crippen molar-refractivity contribution in [3.8, 4) is 5.75 Å². The van der Waals surface area contributed by atoms with Gasteiger partial charge in [-0.15, -0.1) is 0 Å². The molecule has 2 rings (SSSR count). The lowest BCUT2D eigenvalue weighted by molar-refractivity contribution is 0.241. The molecule has 1 aromatic rings. The standard InChI is InChI=1S/C14H19FN2O4S/c1-9(2)21-13-4-3-10(15)7-12(13)17-14(18)16-11-5-6-22(19,20)8-11/h3-4,7,9,11H,5-6,8H2,1-2H3,(H2,16,17,18). The number of amides is 2. The van der Waals surface area contributed by atoms with Crippen LogP contribution in [0.5, 0.6) is 5.75 Å². The monoisotopic (exact) mass is 330 g/mol. The molecule has 1 atom stereocenters. The number of hydrogen-bond acceptors (Lipinski definition) is 4. The van der Waals surface area contributed by atoms with Crippen LogP contribution in [0.1, 0.15) is 20.3 Å². The van der Waals surface area contributed by atoms with E-state index in [0.717, 1.165) is 6.07 Å². The highest BCUT2D eigenvalue weighted by atomic mass is 32.2. The number of nitrogens with one attached hydrogen (secondary N) is 2. The molecule has 0 bridgehead atoms. The topological polar surface area (TPSA) is 84.5 Å². The summed E-state index contributed by atoms with van der Waals surface area (Å²) in [5.41, 5.74) is 0.201. The molecule has 1 aliphatic heterocycles. The Kier molecular flexibility index (Phi) is 4.90. The van der Waals surface area contributed by atoms with Crippen LogP contribution < -0.4 is 15.4 Å². The number of carbonyl (C=O) groups excluding carboxylic acids is 1. The molecule has 1 aromatic carbocycles. The third-order valence-electron chi connectivity index (χ3n) is 3.12. The van der Waals surface area contributed by atoms with Gasteiger partial charge in [0.2, 0.25) is 0 Å². The van der Waals surface area contributed by atoms with Crippen molar-refractivity contribution in [3.63, 3.8) is 0 Å². The first-order valence-electron chi connectivity index (χ1n) is 6.99. The van der Waals surface area contributed by atoms with Gasteiger partial charge in [0.1, 0.15) is 11.6 Å². The predicted molar refractivity (Wildman–Crippen MR) is 81.4 cm³/mol. The van der Waals surface area contributed by atoms with Gasteiger partial charge in [0.15, 0.2) is 9.84 Å². The third kappa shape index (κ3) is 4.59. The fourth-order valence-electron chi connectivity index (χ4n) is 2.21. The van der Waals surface area contributed by atoms with E-state index < -0.39 is 27.7 Å². The number of ether oxygens (including phenoxy) is 1. The molecule has 1 heterocycles. The van der Waals surface area contributed by atoms with Gasteiger partial charge < -0.3 is 15.4 Å². The van der Waals surface area contributed by atoms with Crippen molar-refractivity contribution in [3.05, 3.63) is 24.0 Å². The van der Waals surface area contributed by atoms with Gasteiger partial charge in [0.25, 0.3) is 0 Å². The summed E-state index contributed by atoms with van der Waals surface area (Å²) in [4.78, 5) is 11.9. The second-order valence-corrected chi connectivity index (χ2v) is 7.73. The number of carbonyl (C=O) groups is 1. The number of rotatable bonds is 4. The van der Waals surface area contributed by atoms with Crippen molar-refractivity contribution in [1.29, 1.82) is 0 Å². The van der Waals surface area contributed by atoms with Crippen LogP contribution in [-0.4, -0.2) is 38.1 Å². The quantitative estimate of drug-likeness (QED) is 0.883. The minimum Gasteiger partial charge on any atom is -0.489 e. The fraction of sp³-hybridized carbons (Fsp3) is 0.500. The fourth-order valence-corrected chi connectivity index (χ4v) is 3.88. The van der Waals surface area contributed by atoms with Crippen molar-refractivity contribution in [2.75, 3.05) is 16.8 Å². The maximum Gasteiger partial charge on any atom is 0.319 e.